The van der Waals surface area contributed by atoms with Crippen LogP contribution in [0.3, 0.4) is 0 Å². The second-order valence-electron chi connectivity index (χ2n) is 7.10. The van der Waals surface area contributed by atoms with Crippen LogP contribution in [0.25, 0.3) is 0 Å². The van der Waals surface area contributed by atoms with E-state index in [4.69, 9.17) is 28.9 Å². The van der Waals surface area contributed by atoms with Gasteiger partial charge in [-0.2, -0.15) is 5.26 Å². The molecule has 2 aromatic rings. The van der Waals surface area contributed by atoms with Crippen molar-refractivity contribution in [3.8, 4) is 6.07 Å². The van der Waals surface area contributed by atoms with E-state index in [1.54, 1.807) is 34.4 Å². The maximum absolute atomic E-state index is 13.1. The summed E-state index contributed by atoms with van der Waals surface area (Å²) < 4.78 is 0. The number of nitriles is 1. The number of halogens is 2. The Kier molecular flexibility index (Phi) is 5.44. The van der Waals surface area contributed by atoms with Gasteiger partial charge < -0.3 is 5.73 Å². The van der Waals surface area contributed by atoms with Crippen LogP contribution in [0.5, 0.6) is 0 Å². The lowest BCUT2D eigenvalue weighted by Gasteiger charge is -2.39. The molecule has 1 atom stereocenters. The van der Waals surface area contributed by atoms with Gasteiger partial charge in [-0.25, -0.2) is 0 Å². The average molecular weight is 444 g/mol. The highest BCUT2D eigenvalue weighted by atomic mass is 35.5. The van der Waals surface area contributed by atoms with E-state index in [9.17, 15) is 10.1 Å². The maximum atomic E-state index is 13.1. The van der Waals surface area contributed by atoms with Crippen LogP contribution in [0.4, 0.5) is 5.69 Å². The van der Waals surface area contributed by atoms with Gasteiger partial charge in [-0.3, -0.25) is 9.69 Å². The fraction of sp³-hybridized carbons (Fsp3) is 0.273. The Morgan fingerprint density at radius 3 is 2.59 bits per heavy atom. The summed E-state index contributed by atoms with van der Waals surface area (Å²) in [7, 11) is 0. The second-order valence-corrected chi connectivity index (χ2v) is 9.17. The predicted octanol–water partition coefficient (Wildman–Crippen LogP) is 5.92. The molecule has 0 unspecified atom stereocenters. The summed E-state index contributed by atoms with van der Waals surface area (Å²) in [6, 6.07) is 11.5. The van der Waals surface area contributed by atoms with Gasteiger partial charge in [-0.15, -0.1) is 11.3 Å². The summed E-state index contributed by atoms with van der Waals surface area (Å²) in [5.41, 5.74) is 9.10. The second kappa shape index (κ2) is 7.87. The normalized spacial score (nSPS) is 19.4. The van der Waals surface area contributed by atoms with E-state index in [0.29, 0.717) is 45.5 Å². The van der Waals surface area contributed by atoms with Crippen LogP contribution in [0.2, 0.25) is 10.0 Å². The van der Waals surface area contributed by atoms with Crippen molar-refractivity contribution in [1.29, 1.82) is 5.26 Å². The monoisotopic (exact) mass is 443 g/mol. The number of rotatable bonds is 3. The maximum Gasteiger partial charge on any atom is 0.161 e. The first-order valence-electron chi connectivity index (χ1n) is 9.45. The molecule has 2 N–H and O–H groups in total. The Morgan fingerprint density at radius 2 is 1.97 bits per heavy atom. The van der Waals surface area contributed by atoms with Crippen LogP contribution in [-0.4, -0.2) is 5.78 Å². The summed E-state index contributed by atoms with van der Waals surface area (Å²) >= 11 is 14.1. The van der Waals surface area contributed by atoms with Crippen LogP contribution in [-0.2, 0) is 11.2 Å². The predicted molar refractivity (Wildman–Crippen MR) is 118 cm³/mol. The summed E-state index contributed by atoms with van der Waals surface area (Å²) in [4.78, 5) is 17.0. The third kappa shape index (κ3) is 3.46. The number of ketones is 1. The summed E-state index contributed by atoms with van der Waals surface area (Å²) in [5.74, 6) is -0.0178. The van der Waals surface area contributed by atoms with Crippen LogP contribution < -0.4 is 10.6 Å². The molecule has 148 valence electrons. The Labute approximate surface area is 183 Å². The van der Waals surface area contributed by atoms with Gasteiger partial charge in [0.15, 0.2) is 5.78 Å². The number of anilines is 1. The van der Waals surface area contributed by atoms with Crippen molar-refractivity contribution in [2.24, 2.45) is 5.73 Å². The van der Waals surface area contributed by atoms with Gasteiger partial charge in [-0.1, -0.05) is 30.1 Å². The molecule has 4 nitrogen and oxygen atoms in total. The van der Waals surface area contributed by atoms with Gasteiger partial charge in [0.05, 0.1) is 23.2 Å². The Balaban J connectivity index is 1.96. The number of nitrogens with zero attached hydrogens (tertiary/aromatic N) is 2. The van der Waals surface area contributed by atoms with Gasteiger partial charge in [0, 0.05) is 37.5 Å². The molecular formula is C22H19Cl2N3OS. The molecule has 29 heavy (non-hydrogen) atoms. The van der Waals surface area contributed by atoms with Crippen molar-refractivity contribution in [1.82, 2.24) is 0 Å². The zero-order valence-corrected chi connectivity index (χ0v) is 18.2. The minimum absolute atomic E-state index is 0.0704. The van der Waals surface area contributed by atoms with Crippen molar-refractivity contribution in [3.63, 3.8) is 0 Å². The van der Waals surface area contributed by atoms with Gasteiger partial charge >= 0.3 is 0 Å². The smallest absolute Gasteiger partial charge is 0.161 e. The van der Waals surface area contributed by atoms with Crippen molar-refractivity contribution < 1.29 is 4.79 Å². The number of thiophene rings is 1. The lowest BCUT2D eigenvalue weighted by Crippen LogP contribution is -2.38. The van der Waals surface area contributed by atoms with E-state index in [2.05, 4.69) is 19.1 Å². The summed E-state index contributed by atoms with van der Waals surface area (Å²) in [6.45, 7) is 2.09. The Bertz CT molecular complexity index is 1090. The standard InChI is InChI=1S/C22H19Cl2N3OS/c1-2-15-6-7-19(29-15)20-16(11-25)22(26)27(14-9-12(23)8-13(24)10-14)17-4-3-5-18(28)21(17)20/h6-10,20H,2-5,26H2,1H3/t20-/m1/s1. The molecule has 1 aromatic carbocycles. The Morgan fingerprint density at radius 1 is 1.24 bits per heavy atom. The molecule has 0 bridgehead atoms. The number of benzene rings is 1. The fourth-order valence-corrected chi connectivity index (χ4v) is 5.66. The molecule has 0 saturated heterocycles. The van der Waals surface area contributed by atoms with Crippen LogP contribution in [0.1, 0.15) is 41.9 Å². The van der Waals surface area contributed by atoms with Crippen LogP contribution >= 0.6 is 34.5 Å². The molecule has 0 spiro atoms. The molecule has 2 heterocycles. The van der Waals surface area contributed by atoms with E-state index in [0.717, 1.165) is 23.4 Å². The van der Waals surface area contributed by atoms with Crippen LogP contribution in [0, 0.1) is 11.3 Å². The van der Waals surface area contributed by atoms with E-state index >= 15 is 0 Å². The van der Waals surface area contributed by atoms with Crippen molar-refractivity contribution in [2.45, 2.75) is 38.5 Å². The van der Waals surface area contributed by atoms with Gasteiger partial charge in [0.2, 0.25) is 0 Å². The highest BCUT2D eigenvalue weighted by molar-refractivity contribution is 7.12. The molecule has 0 fully saturated rings. The van der Waals surface area contributed by atoms with Gasteiger partial charge in [0.1, 0.15) is 5.82 Å². The number of hydrogen-bond acceptors (Lipinski definition) is 5. The van der Waals surface area contributed by atoms with E-state index in [1.807, 2.05) is 6.07 Å². The molecule has 1 aliphatic heterocycles. The molecule has 0 saturated carbocycles. The molecule has 4 rings (SSSR count). The third-order valence-corrected chi connectivity index (χ3v) is 7.07. The molecule has 2 aliphatic rings. The van der Waals surface area contributed by atoms with E-state index < -0.39 is 5.92 Å². The SMILES string of the molecule is CCc1ccc([C@H]2C(C#N)=C(N)N(c3cc(Cl)cc(Cl)c3)C3=C2C(=O)CCC3)s1. The summed E-state index contributed by atoms with van der Waals surface area (Å²) in [6.07, 6.45) is 2.83. The average Bonchev–Trinajstić information content (AvgIpc) is 3.15. The third-order valence-electron chi connectivity index (χ3n) is 5.33. The topological polar surface area (TPSA) is 70.1 Å². The number of hydrogen-bond donors (Lipinski definition) is 1. The quantitative estimate of drug-likeness (QED) is 0.638. The van der Waals surface area contributed by atoms with E-state index in [-0.39, 0.29) is 5.78 Å². The zero-order valence-electron chi connectivity index (χ0n) is 15.8. The highest BCUT2D eigenvalue weighted by Crippen LogP contribution is 2.48. The number of allylic oxidation sites excluding steroid dienone is 3. The zero-order chi connectivity index (χ0) is 20.7. The lowest BCUT2D eigenvalue weighted by molar-refractivity contribution is -0.116. The Hall–Kier alpha value is -2.26. The molecule has 1 aliphatic carbocycles. The minimum atomic E-state index is -0.418. The van der Waals surface area contributed by atoms with Crippen molar-refractivity contribution >= 4 is 46.0 Å². The van der Waals surface area contributed by atoms with Gasteiger partial charge in [0.25, 0.3) is 0 Å². The van der Waals surface area contributed by atoms with Gasteiger partial charge in [-0.05, 0) is 49.6 Å². The van der Waals surface area contributed by atoms with E-state index in [1.165, 1.54) is 4.88 Å². The first-order chi connectivity index (χ1) is 13.9. The largest absolute Gasteiger partial charge is 0.384 e. The first kappa shape index (κ1) is 20.0. The fourth-order valence-electron chi connectivity index (χ4n) is 4.07. The lowest BCUT2D eigenvalue weighted by atomic mass is 9.78. The number of carbonyl (C=O) groups excluding carboxylic acids is 1. The number of aryl methyl sites for hydroxylation is 1. The van der Waals surface area contributed by atoms with Crippen molar-refractivity contribution in [3.05, 3.63) is 72.8 Å². The highest BCUT2D eigenvalue weighted by Gasteiger charge is 2.40. The number of Topliss-reactive ketones (excluding diaryl/α,β-unsaturated/α-hetero) is 1. The molecular weight excluding hydrogens is 425 g/mol. The molecule has 7 heteroatoms. The van der Waals surface area contributed by atoms with Crippen LogP contribution in [0.15, 0.2) is 53.0 Å². The minimum Gasteiger partial charge on any atom is -0.384 e. The molecule has 0 amide bonds. The first-order valence-corrected chi connectivity index (χ1v) is 11.0. The number of nitrogens with two attached hydrogens (primary N) is 1. The summed E-state index contributed by atoms with van der Waals surface area (Å²) in [5, 5.41) is 10.9. The molecule has 0 radical (unpaired) electrons. The molecule has 1 aromatic heterocycles. The van der Waals surface area contributed by atoms with Crippen molar-refractivity contribution in [2.75, 3.05) is 4.90 Å². The number of carbonyl (C=O) groups is 1.